The Morgan fingerprint density at radius 3 is 2.46 bits per heavy atom. The van der Waals surface area contributed by atoms with Crippen LogP contribution in [0, 0.1) is 5.41 Å². The molecule has 1 N–H and O–H groups in total. The average Bonchev–Trinajstić information content (AvgIpc) is 2.99. The summed E-state index contributed by atoms with van der Waals surface area (Å²) in [4.78, 5) is 24.0. The van der Waals surface area contributed by atoms with E-state index in [4.69, 9.17) is 9.84 Å². The Labute approximate surface area is 137 Å². The molecule has 1 heterocycles. The molecular formula is C16H18F3NO4. The molecule has 0 saturated carbocycles. The number of carbonyl (C=O) groups is 2. The molecular weight excluding hydrogens is 327 g/mol. The number of rotatable bonds is 6. The molecule has 0 aliphatic carbocycles. The minimum absolute atomic E-state index is 0.0658. The summed E-state index contributed by atoms with van der Waals surface area (Å²) in [6.07, 6.45) is -5.60. The number of aliphatic carboxylic acids is 1. The van der Waals surface area contributed by atoms with Crippen molar-refractivity contribution >= 4 is 11.9 Å². The van der Waals surface area contributed by atoms with Gasteiger partial charge in [-0.25, -0.2) is 0 Å². The SMILES string of the molecule is O=C(CCOCc1ccccc1)N1CCC(C(=O)O)(C(F)(F)F)C1. The molecule has 5 nitrogen and oxygen atoms in total. The van der Waals surface area contributed by atoms with Crippen LogP contribution in [0.4, 0.5) is 13.2 Å². The van der Waals surface area contributed by atoms with Crippen molar-refractivity contribution in [2.45, 2.75) is 25.6 Å². The summed E-state index contributed by atoms with van der Waals surface area (Å²) in [5, 5.41) is 8.96. The van der Waals surface area contributed by atoms with E-state index in [1.54, 1.807) is 0 Å². The van der Waals surface area contributed by atoms with E-state index < -0.39 is 36.4 Å². The van der Waals surface area contributed by atoms with Crippen molar-refractivity contribution in [3.8, 4) is 0 Å². The van der Waals surface area contributed by atoms with Crippen molar-refractivity contribution in [1.29, 1.82) is 0 Å². The van der Waals surface area contributed by atoms with E-state index in [9.17, 15) is 22.8 Å². The molecule has 0 radical (unpaired) electrons. The first-order chi connectivity index (χ1) is 11.3. The molecule has 1 amide bonds. The van der Waals surface area contributed by atoms with Gasteiger partial charge in [0, 0.05) is 13.1 Å². The van der Waals surface area contributed by atoms with Crippen molar-refractivity contribution in [2.24, 2.45) is 5.41 Å². The number of benzene rings is 1. The molecule has 1 aromatic carbocycles. The molecule has 0 spiro atoms. The lowest BCUT2D eigenvalue weighted by Gasteiger charge is -2.27. The van der Waals surface area contributed by atoms with Crippen molar-refractivity contribution in [3.05, 3.63) is 35.9 Å². The number of ether oxygens (including phenoxy) is 1. The number of carbonyl (C=O) groups excluding carboxylic acids is 1. The molecule has 1 unspecified atom stereocenters. The van der Waals surface area contributed by atoms with Gasteiger partial charge in [-0.2, -0.15) is 13.2 Å². The van der Waals surface area contributed by atoms with Gasteiger partial charge in [0.05, 0.1) is 19.6 Å². The lowest BCUT2D eigenvalue weighted by atomic mass is 9.86. The molecule has 0 aromatic heterocycles. The van der Waals surface area contributed by atoms with Crippen molar-refractivity contribution in [2.75, 3.05) is 19.7 Å². The number of hydrogen-bond acceptors (Lipinski definition) is 3. The number of carboxylic acids is 1. The molecule has 24 heavy (non-hydrogen) atoms. The quantitative estimate of drug-likeness (QED) is 0.805. The number of likely N-dealkylation sites (tertiary alicyclic amines) is 1. The smallest absolute Gasteiger partial charge is 0.406 e. The Bertz CT molecular complexity index is 591. The Hall–Kier alpha value is -2.09. The van der Waals surface area contributed by atoms with Gasteiger partial charge >= 0.3 is 12.1 Å². The Morgan fingerprint density at radius 1 is 1.25 bits per heavy atom. The number of hydrogen-bond donors (Lipinski definition) is 1. The summed E-state index contributed by atoms with van der Waals surface area (Å²) >= 11 is 0. The zero-order valence-corrected chi connectivity index (χ0v) is 12.9. The number of carboxylic acid groups (broad SMARTS) is 1. The van der Waals surface area contributed by atoms with Gasteiger partial charge in [0.25, 0.3) is 0 Å². The van der Waals surface area contributed by atoms with E-state index in [0.29, 0.717) is 6.61 Å². The number of amides is 1. The fraction of sp³-hybridized carbons (Fsp3) is 0.500. The molecule has 1 fully saturated rings. The highest BCUT2D eigenvalue weighted by Crippen LogP contribution is 2.45. The number of alkyl halides is 3. The third-order valence-corrected chi connectivity index (χ3v) is 4.15. The Morgan fingerprint density at radius 2 is 1.92 bits per heavy atom. The lowest BCUT2D eigenvalue weighted by Crippen LogP contribution is -2.47. The van der Waals surface area contributed by atoms with Crippen LogP contribution in [0.1, 0.15) is 18.4 Å². The van der Waals surface area contributed by atoms with Crippen LogP contribution < -0.4 is 0 Å². The van der Waals surface area contributed by atoms with E-state index in [-0.39, 0.29) is 19.6 Å². The third-order valence-electron chi connectivity index (χ3n) is 4.15. The fourth-order valence-electron chi connectivity index (χ4n) is 2.63. The Kier molecular flexibility index (Phi) is 5.48. The topological polar surface area (TPSA) is 66.8 Å². The zero-order valence-electron chi connectivity index (χ0n) is 12.9. The number of nitrogens with zero attached hydrogens (tertiary/aromatic N) is 1. The summed E-state index contributed by atoms with van der Waals surface area (Å²) in [5.41, 5.74) is -1.94. The standard InChI is InChI=1S/C16H18F3NO4/c17-16(18,19)15(14(22)23)7-8-20(11-15)13(21)6-9-24-10-12-4-2-1-3-5-12/h1-5H,6-11H2,(H,22,23). The normalized spacial score (nSPS) is 21.0. The molecule has 1 aliphatic rings. The largest absolute Gasteiger partial charge is 0.481 e. The summed E-state index contributed by atoms with van der Waals surface area (Å²) in [5.74, 6) is -2.47. The van der Waals surface area contributed by atoms with Gasteiger partial charge in [0.2, 0.25) is 5.91 Å². The van der Waals surface area contributed by atoms with Crippen LogP contribution in [0.5, 0.6) is 0 Å². The monoisotopic (exact) mass is 345 g/mol. The highest BCUT2D eigenvalue weighted by atomic mass is 19.4. The summed E-state index contributed by atoms with van der Waals surface area (Å²) in [6, 6.07) is 9.25. The summed E-state index contributed by atoms with van der Waals surface area (Å²) < 4.78 is 44.5. The second-order valence-corrected chi connectivity index (χ2v) is 5.74. The van der Waals surface area contributed by atoms with E-state index in [0.717, 1.165) is 10.5 Å². The molecule has 1 aromatic rings. The van der Waals surface area contributed by atoms with Gasteiger partial charge in [-0.15, -0.1) is 0 Å². The lowest BCUT2D eigenvalue weighted by molar-refractivity contribution is -0.227. The second kappa shape index (κ2) is 7.21. The van der Waals surface area contributed by atoms with Crippen LogP contribution in [0.15, 0.2) is 30.3 Å². The van der Waals surface area contributed by atoms with Crippen molar-refractivity contribution in [1.82, 2.24) is 4.90 Å². The van der Waals surface area contributed by atoms with Gasteiger partial charge in [-0.1, -0.05) is 30.3 Å². The van der Waals surface area contributed by atoms with Gasteiger partial charge in [0.1, 0.15) is 0 Å². The van der Waals surface area contributed by atoms with Crippen LogP contribution in [0.25, 0.3) is 0 Å². The van der Waals surface area contributed by atoms with Crippen LogP contribution in [0.2, 0.25) is 0 Å². The maximum absolute atomic E-state index is 13.1. The first kappa shape index (κ1) is 18.3. The summed E-state index contributed by atoms with van der Waals surface area (Å²) in [7, 11) is 0. The van der Waals surface area contributed by atoms with E-state index in [1.165, 1.54) is 0 Å². The average molecular weight is 345 g/mol. The molecule has 1 aliphatic heterocycles. The molecule has 1 saturated heterocycles. The summed E-state index contributed by atoms with van der Waals surface area (Å²) in [6.45, 7) is -0.696. The highest BCUT2D eigenvalue weighted by molar-refractivity contribution is 5.81. The van der Waals surface area contributed by atoms with Crippen LogP contribution in [-0.2, 0) is 20.9 Å². The van der Waals surface area contributed by atoms with E-state index in [1.807, 2.05) is 30.3 Å². The van der Waals surface area contributed by atoms with E-state index >= 15 is 0 Å². The molecule has 132 valence electrons. The van der Waals surface area contributed by atoms with Gasteiger partial charge in [-0.05, 0) is 12.0 Å². The van der Waals surface area contributed by atoms with Crippen molar-refractivity contribution < 1.29 is 32.6 Å². The minimum Gasteiger partial charge on any atom is -0.481 e. The van der Waals surface area contributed by atoms with Gasteiger partial charge in [-0.3, -0.25) is 9.59 Å². The highest BCUT2D eigenvalue weighted by Gasteiger charge is 2.64. The zero-order chi connectivity index (χ0) is 17.8. The second-order valence-electron chi connectivity index (χ2n) is 5.74. The molecule has 2 rings (SSSR count). The fourth-order valence-corrected chi connectivity index (χ4v) is 2.63. The van der Waals surface area contributed by atoms with Gasteiger partial charge < -0.3 is 14.7 Å². The third kappa shape index (κ3) is 3.87. The first-order valence-corrected chi connectivity index (χ1v) is 7.46. The maximum atomic E-state index is 13.1. The number of halogens is 3. The molecule has 1 atom stereocenters. The van der Waals surface area contributed by atoms with Gasteiger partial charge in [0.15, 0.2) is 5.41 Å². The van der Waals surface area contributed by atoms with E-state index in [2.05, 4.69) is 0 Å². The predicted octanol–water partition coefficient (Wildman–Crippen LogP) is 2.46. The van der Waals surface area contributed by atoms with Crippen LogP contribution >= 0.6 is 0 Å². The molecule has 8 heteroatoms. The van der Waals surface area contributed by atoms with Crippen LogP contribution in [0.3, 0.4) is 0 Å². The Balaban J connectivity index is 1.82. The molecule has 0 bridgehead atoms. The predicted molar refractivity (Wildman–Crippen MR) is 78.0 cm³/mol. The maximum Gasteiger partial charge on any atom is 0.406 e. The minimum atomic E-state index is -4.89. The van der Waals surface area contributed by atoms with Crippen LogP contribution in [-0.4, -0.2) is 47.8 Å². The first-order valence-electron chi connectivity index (χ1n) is 7.46. The van der Waals surface area contributed by atoms with Crippen molar-refractivity contribution in [3.63, 3.8) is 0 Å².